The summed E-state index contributed by atoms with van der Waals surface area (Å²) in [7, 11) is -9.91. The molecule has 0 fully saturated rings. The summed E-state index contributed by atoms with van der Waals surface area (Å²) in [6, 6.07) is 0. The Balaban J connectivity index is 5.26. The lowest BCUT2D eigenvalue weighted by atomic mass is 10.0. The Morgan fingerprint density at radius 2 is 0.587 bits per heavy atom. The van der Waals surface area contributed by atoms with Gasteiger partial charge in [-0.3, -0.25) is 37.3 Å². The minimum absolute atomic E-state index is 0.102. The summed E-state index contributed by atoms with van der Waals surface area (Å²) < 4.78 is 68.3. The molecule has 542 valence electrons. The zero-order valence-electron chi connectivity index (χ0n) is 59.2. The van der Waals surface area contributed by atoms with Gasteiger partial charge in [0.15, 0.2) is 12.2 Å². The van der Waals surface area contributed by atoms with Crippen molar-refractivity contribution < 1.29 is 80.2 Å². The Bertz CT molecular complexity index is 1860. The molecule has 0 spiro atoms. The van der Waals surface area contributed by atoms with Crippen LogP contribution >= 0.6 is 15.6 Å². The normalized spacial score (nSPS) is 14.2. The number of esters is 4. The number of carbonyl (C=O) groups is 4. The molecule has 0 amide bonds. The van der Waals surface area contributed by atoms with E-state index in [4.69, 9.17) is 37.0 Å². The minimum Gasteiger partial charge on any atom is -0.462 e. The maximum atomic E-state index is 13.0. The number of carbonyl (C=O) groups excluding carboxylic acids is 4. The van der Waals surface area contributed by atoms with Gasteiger partial charge in [0, 0.05) is 25.7 Å². The molecule has 17 nitrogen and oxygen atoms in total. The highest BCUT2D eigenvalue weighted by atomic mass is 31.2. The maximum Gasteiger partial charge on any atom is 0.472 e. The number of allylic oxidation sites excluding steroid dienone is 4. The topological polar surface area (TPSA) is 237 Å². The molecule has 0 rings (SSSR count). The van der Waals surface area contributed by atoms with Crippen molar-refractivity contribution in [2.75, 3.05) is 39.6 Å². The molecule has 3 N–H and O–H groups in total. The number of unbranched alkanes of at least 4 members (excludes halogenated alkanes) is 40. The van der Waals surface area contributed by atoms with Crippen LogP contribution < -0.4 is 0 Å². The summed E-state index contributed by atoms with van der Waals surface area (Å²) in [5, 5.41) is 10.6. The Morgan fingerprint density at radius 1 is 0.337 bits per heavy atom. The third-order valence-corrected chi connectivity index (χ3v) is 18.3. The predicted molar refractivity (Wildman–Crippen MR) is 372 cm³/mol. The zero-order valence-corrected chi connectivity index (χ0v) is 61.0. The van der Waals surface area contributed by atoms with Crippen LogP contribution in [0.4, 0.5) is 0 Å². The van der Waals surface area contributed by atoms with Crippen molar-refractivity contribution in [3.05, 3.63) is 24.3 Å². The monoisotopic (exact) mass is 1350 g/mol. The lowest BCUT2D eigenvalue weighted by Gasteiger charge is -2.21. The van der Waals surface area contributed by atoms with Gasteiger partial charge in [-0.2, -0.15) is 0 Å². The first kappa shape index (κ1) is 89.5. The number of phosphoric acid groups is 2. The number of ether oxygens (including phenoxy) is 4. The largest absolute Gasteiger partial charge is 0.472 e. The molecule has 0 bridgehead atoms. The van der Waals surface area contributed by atoms with E-state index >= 15 is 0 Å². The predicted octanol–water partition coefficient (Wildman–Crippen LogP) is 20.9. The van der Waals surface area contributed by atoms with E-state index in [0.29, 0.717) is 31.6 Å². The number of rotatable bonds is 71. The van der Waals surface area contributed by atoms with E-state index in [9.17, 15) is 43.2 Å². The van der Waals surface area contributed by atoms with Gasteiger partial charge in [-0.25, -0.2) is 9.13 Å². The number of aliphatic hydroxyl groups is 1. The molecule has 92 heavy (non-hydrogen) atoms. The lowest BCUT2D eigenvalue weighted by Crippen LogP contribution is -2.30. The van der Waals surface area contributed by atoms with E-state index in [2.05, 4.69) is 58.9 Å². The Kier molecular flexibility index (Phi) is 64.0. The first-order valence-corrected chi connectivity index (χ1v) is 40.4. The molecule has 0 aliphatic heterocycles. The molecule has 0 aromatic heterocycles. The van der Waals surface area contributed by atoms with Gasteiger partial charge >= 0.3 is 39.5 Å². The zero-order chi connectivity index (χ0) is 67.7. The summed E-state index contributed by atoms with van der Waals surface area (Å²) >= 11 is 0. The van der Waals surface area contributed by atoms with E-state index in [1.807, 2.05) is 0 Å². The highest BCUT2D eigenvalue weighted by molar-refractivity contribution is 7.47. The van der Waals surface area contributed by atoms with Crippen molar-refractivity contribution in [2.24, 2.45) is 5.92 Å². The van der Waals surface area contributed by atoms with E-state index < -0.39 is 97.5 Å². The number of hydrogen-bond acceptors (Lipinski definition) is 15. The van der Waals surface area contributed by atoms with Crippen LogP contribution in [-0.2, 0) is 65.4 Å². The summed E-state index contributed by atoms with van der Waals surface area (Å²) in [5.41, 5.74) is 0. The van der Waals surface area contributed by atoms with Crippen LogP contribution in [0.2, 0.25) is 0 Å². The summed E-state index contributed by atoms with van der Waals surface area (Å²) in [6.07, 6.45) is 56.4. The Labute approximate surface area is 561 Å². The van der Waals surface area contributed by atoms with Crippen molar-refractivity contribution in [1.82, 2.24) is 0 Å². The van der Waals surface area contributed by atoms with E-state index in [0.717, 1.165) is 109 Å². The van der Waals surface area contributed by atoms with Crippen LogP contribution in [0.1, 0.15) is 356 Å². The average molecular weight is 1350 g/mol. The van der Waals surface area contributed by atoms with Crippen LogP contribution in [0.15, 0.2) is 24.3 Å². The summed E-state index contributed by atoms with van der Waals surface area (Å²) in [4.78, 5) is 72.6. The molecule has 0 aromatic rings. The van der Waals surface area contributed by atoms with E-state index in [-0.39, 0.29) is 25.7 Å². The first-order chi connectivity index (χ1) is 44.5. The van der Waals surface area contributed by atoms with Crippen LogP contribution in [0, 0.1) is 5.92 Å². The molecule has 0 saturated carbocycles. The van der Waals surface area contributed by atoms with Crippen molar-refractivity contribution in [2.45, 2.75) is 374 Å². The van der Waals surface area contributed by atoms with Crippen molar-refractivity contribution in [3.63, 3.8) is 0 Å². The minimum atomic E-state index is -4.96. The fourth-order valence-corrected chi connectivity index (χ4v) is 12.2. The van der Waals surface area contributed by atoms with Crippen LogP contribution in [0.3, 0.4) is 0 Å². The summed E-state index contributed by atoms with van der Waals surface area (Å²) in [5.74, 6) is -1.46. The second-order valence-corrected chi connectivity index (χ2v) is 29.0. The third kappa shape index (κ3) is 66.2. The highest BCUT2D eigenvalue weighted by Gasteiger charge is 2.30. The third-order valence-electron chi connectivity index (χ3n) is 16.4. The van der Waals surface area contributed by atoms with Gasteiger partial charge in [-0.05, 0) is 57.3 Å². The molecule has 5 atom stereocenters. The Morgan fingerprint density at radius 3 is 0.891 bits per heavy atom. The maximum absolute atomic E-state index is 13.0. The van der Waals surface area contributed by atoms with E-state index in [1.165, 1.54) is 161 Å². The van der Waals surface area contributed by atoms with Gasteiger partial charge in [-0.15, -0.1) is 0 Å². The number of phosphoric ester groups is 2. The van der Waals surface area contributed by atoms with Gasteiger partial charge in [-0.1, -0.05) is 303 Å². The second kappa shape index (κ2) is 65.8. The fourth-order valence-electron chi connectivity index (χ4n) is 10.6. The van der Waals surface area contributed by atoms with Crippen molar-refractivity contribution in [1.29, 1.82) is 0 Å². The quantitative estimate of drug-likeness (QED) is 0.0169. The molecular weight excluding hydrogens is 1210 g/mol. The van der Waals surface area contributed by atoms with Gasteiger partial charge in [0.25, 0.3) is 0 Å². The molecule has 0 saturated heterocycles. The SMILES string of the molecule is CCCCCC/C=C\C=C/CCCCCCCC(=O)OC[C@H](COP(=O)(O)OC[C@@H](O)COP(=O)(O)OC[C@@H](COC(=O)CCCCCCCCCCCC)OC(=O)CCCCCCCCCC(C)C)OC(=O)CCCCCCCCCCCCCCCCCCC. The molecule has 0 heterocycles. The molecule has 0 radical (unpaired) electrons. The van der Waals surface area contributed by atoms with Gasteiger partial charge < -0.3 is 33.8 Å². The molecular formula is C73H138O17P2. The van der Waals surface area contributed by atoms with Crippen LogP contribution in [-0.4, -0.2) is 96.7 Å². The molecule has 0 aliphatic carbocycles. The highest BCUT2D eigenvalue weighted by Crippen LogP contribution is 2.45. The first-order valence-electron chi connectivity index (χ1n) is 37.5. The summed E-state index contributed by atoms with van der Waals surface area (Å²) in [6.45, 7) is 7.13. The molecule has 2 unspecified atom stereocenters. The van der Waals surface area contributed by atoms with Gasteiger partial charge in [0.2, 0.25) is 0 Å². The lowest BCUT2D eigenvalue weighted by molar-refractivity contribution is -0.161. The van der Waals surface area contributed by atoms with Crippen molar-refractivity contribution in [3.8, 4) is 0 Å². The van der Waals surface area contributed by atoms with Crippen LogP contribution in [0.25, 0.3) is 0 Å². The molecule has 0 aliphatic rings. The number of aliphatic hydroxyl groups excluding tert-OH is 1. The second-order valence-electron chi connectivity index (χ2n) is 26.1. The van der Waals surface area contributed by atoms with Gasteiger partial charge in [0.05, 0.1) is 26.4 Å². The van der Waals surface area contributed by atoms with Gasteiger partial charge in [0.1, 0.15) is 19.3 Å². The fraction of sp³-hybridized carbons (Fsp3) is 0.890. The average Bonchev–Trinajstić information content (AvgIpc) is 1.58. The van der Waals surface area contributed by atoms with E-state index in [1.54, 1.807) is 0 Å². The number of hydrogen-bond donors (Lipinski definition) is 3. The van der Waals surface area contributed by atoms with Crippen LogP contribution in [0.5, 0.6) is 0 Å². The standard InChI is InChI=1S/C73H138O17P2/c1-6-9-12-15-18-21-24-26-28-29-31-33-35-38-43-48-53-58-72(77)89-68(62-84-71(76)57-52-47-42-37-34-32-30-27-25-22-19-16-13-10-7-2)64-87-91(79,80)85-60-67(74)61-86-92(81,82)88-65-69(90-73(78)59-54-49-44-39-40-45-50-55-66(4)5)63-83-70(75)56-51-46-41-36-23-20-17-14-11-8-3/h22,25,27,30,66-69,74H,6-21,23-24,26,28-29,31-65H2,1-5H3,(H,79,80)(H,81,82)/b25-22-,30-27-/t67-,68-,69-/m1/s1. The Hall–Kier alpha value is -2.46. The molecule has 0 aromatic carbocycles. The smallest absolute Gasteiger partial charge is 0.462 e. The molecule has 19 heteroatoms. The van der Waals surface area contributed by atoms with Crippen molar-refractivity contribution >= 4 is 39.5 Å².